The van der Waals surface area contributed by atoms with Crippen LogP contribution >= 0.6 is 0 Å². The fraction of sp³-hybridized carbons (Fsp3) is 0.0233. The summed E-state index contributed by atoms with van der Waals surface area (Å²) < 4.78 is 0. The topological polar surface area (TPSA) is 77.3 Å². The van der Waals surface area contributed by atoms with Gasteiger partial charge < -0.3 is 0 Å². The Bertz CT molecular complexity index is 8320. The Kier molecular flexibility index (Phi) is 21.7. The lowest BCUT2D eigenvalue weighted by molar-refractivity contribution is 0.661. The van der Waals surface area contributed by atoms with E-state index in [9.17, 15) is 0 Å². The van der Waals surface area contributed by atoms with Crippen LogP contribution in [0.15, 0.2) is 497 Å². The zero-order valence-corrected chi connectivity index (χ0v) is 74.5. The second-order valence-corrected chi connectivity index (χ2v) is 35.1. The molecule has 634 valence electrons. The molecule has 0 amide bonds. The average molecular weight is 1720 g/mol. The van der Waals surface area contributed by atoms with Gasteiger partial charge in [-0.05, 0) is 245 Å². The number of pyridine rings is 1. The summed E-state index contributed by atoms with van der Waals surface area (Å²) in [6, 6.07) is 176. The van der Waals surface area contributed by atoms with Crippen molar-refractivity contribution < 1.29 is 0 Å². The van der Waals surface area contributed by atoms with Crippen LogP contribution in [0.25, 0.3) is 233 Å². The van der Waals surface area contributed by atoms with Crippen LogP contribution < -0.4 is 0 Å². The first-order valence-electron chi connectivity index (χ1n) is 46.1. The Hall–Kier alpha value is -17.6. The molecule has 25 rings (SSSR count). The highest BCUT2D eigenvalue weighted by atomic mass is 15.0. The molecule has 0 N–H and O–H groups in total. The smallest absolute Gasteiger partial charge is 0.164 e. The number of aromatic nitrogens is 6. The largest absolute Gasteiger partial charge is 0.248 e. The predicted octanol–water partition coefficient (Wildman–Crippen LogP) is 34.0. The van der Waals surface area contributed by atoms with Crippen molar-refractivity contribution in [1.82, 2.24) is 29.9 Å². The first kappa shape index (κ1) is 81.9. The van der Waals surface area contributed by atoms with E-state index in [1.165, 1.54) is 93.3 Å². The number of rotatable bonds is 14. The number of nitrogens with zero attached hydrogens (tertiary/aromatic N) is 6. The lowest BCUT2D eigenvalue weighted by atomic mass is 9.81. The monoisotopic (exact) mass is 1720 g/mol. The predicted molar refractivity (Wildman–Crippen MR) is 565 cm³/mol. The van der Waals surface area contributed by atoms with Crippen molar-refractivity contribution >= 4 is 65.0 Å². The van der Waals surface area contributed by atoms with Gasteiger partial charge in [0, 0.05) is 44.2 Å². The van der Waals surface area contributed by atoms with Gasteiger partial charge in [-0.15, -0.1) is 0 Å². The number of hydrogen-bond acceptors (Lipinski definition) is 6. The summed E-state index contributed by atoms with van der Waals surface area (Å²) in [5.41, 5.74) is 35.4. The molecule has 0 fully saturated rings. The minimum Gasteiger partial charge on any atom is -0.248 e. The molecule has 24 aromatic rings. The maximum atomic E-state index is 5.33. The second-order valence-electron chi connectivity index (χ2n) is 35.1. The van der Waals surface area contributed by atoms with E-state index in [1.807, 2.05) is 30.3 Å². The Morgan fingerprint density at radius 2 is 0.459 bits per heavy atom. The second kappa shape index (κ2) is 35.7. The highest BCUT2D eigenvalue weighted by Crippen LogP contribution is 2.52. The molecule has 1 aliphatic rings. The molecule has 3 heterocycles. The highest BCUT2D eigenvalue weighted by molar-refractivity contribution is 6.12. The zero-order chi connectivity index (χ0) is 90.1. The van der Waals surface area contributed by atoms with Crippen LogP contribution in [0.4, 0.5) is 0 Å². The Morgan fingerprint density at radius 1 is 0.148 bits per heavy atom. The molecule has 0 atom stereocenters. The van der Waals surface area contributed by atoms with E-state index in [1.54, 1.807) is 0 Å². The molecule has 0 unspecified atom stereocenters. The molecule has 0 saturated heterocycles. The molecule has 0 aliphatic heterocycles. The van der Waals surface area contributed by atoms with E-state index in [0.717, 1.165) is 133 Å². The first-order valence-corrected chi connectivity index (χ1v) is 46.1. The van der Waals surface area contributed by atoms with Gasteiger partial charge in [0.15, 0.2) is 17.5 Å². The van der Waals surface area contributed by atoms with Crippen LogP contribution in [0.3, 0.4) is 0 Å². The first-order chi connectivity index (χ1) is 66.6. The minimum atomic E-state index is -0.161. The summed E-state index contributed by atoms with van der Waals surface area (Å²) in [4.78, 5) is 31.3. The van der Waals surface area contributed by atoms with Crippen LogP contribution in [0.2, 0.25) is 0 Å². The molecular weight excluding hydrogens is 1630 g/mol. The van der Waals surface area contributed by atoms with Crippen LogP contribution in [-0.4, -0.2) is 29.9 Å². The standard InChI is InChI=1S/C44H31N3.C44H30N2.C41H27N/c1-44(2)39-27-36(21-22-37(39)38-25-32-15-8-9-16-33(32)26-40(38)44)43-46-41(34-18-10-17-31(23-34)28-11-4-3-5-12-28)45-42(47-43)35-20-19-29-13-6-7-14-30(29)24-35;1-5-15-31(16-6-1)35-25-36(32-17-7-2-8-18-32)28-39(27-35)43-44(46-42-24-14-13-23-41(42)45-43)40-29-37(33-19-9-3-10-20-33)26-38(30-40)34-21-11-4-12-22-34;1-3-13-28(14-4-1)30-23-25-36(34-19-9-7-17-32(30)34)39-27-41(42-40-22-12-11-21-37(39)40)38-26-24-31(29-15-5-2-6-16-29)33-18-8-10-20-35(33)38/h3-27H,1-2H3;1-30H;1-27H. The Balaban J connectivity index is 0.000000114. The Labute approximate surface area is 785 Å². The van der Waals surface area contributed by atoms with Crippen molar-refractivity contribution in [3.05, 3.63) is 509 Å². The van der Waals surface area contributed by atoms with E-state index in [0.29, 0.717) is 17.5 Å². The molecule has 1 aliphatic carbocycles. The van der Waals surface area contributed by atoms with Crippen molar-refractivity contribution in [3.8, 4) is 168 Å². The third-order valence-electron chi connectivity index (χ3n) is 26.4. The van der Waals surface area contributed by atoms with Crippen LogP contribution in [0.1, 0.15) is 25.0 Å². The number of hydrogen-bond donors (Lipinski definition) is 0. The van der Waals surface area contributed by atoms with Crippen LogP contribution in [0, 0.1) is 0 Å². The molecule has 21 aromatic carbocycles. The fourth-order valence-corrected chi connectivity index (χ4v) is 19.6. The molecule has 0 spiro atoms. The molecule has 6 nitrogen and oxygen atoms in total. The van der Waals surface area contributed by atoms with Gasteiger partial charge in [0.05, 0.1) is 33.6 Å². The summed E-state index contributed by atoms with van der Waals surface area (Å²) in [6.45, 7) is 4.65. The SMILES string of the molecule is CC1(C)c2cc(-c3nc(-c4cccc(-c5ccccc5)c4)nc(-c4ccc5ccccc5c4)n3)ccc2-c2cc3ccccc3cc21.c1ccc(-c2cc(-c3ccccc3)cc(-c3nc4ccccc4nc3-c3cc(-c4ccccc4)cc(-c4ccccc4)c3)c2)cc1.c1ccc(-c2ccc(-c3cc(-c4ccc(-c5ccccc5)c5ccccc45)c4ccccc4n3)c3ccccc23)cc1. The third kappa shape index (κ3) is 16.2. The van der Waals surface area contributed by atoms with Gasteiger partial charge in [0.2, 0.25) is 0 Å². The van der Waals surface area contributed by atoms with E-state index < -0.39 is 0 Å². The lowest BCUT2D eigenvalue weighted by Crippen LogP contribution is -2.15. The molecule has 0 bridgehead atoms. The van der Waals surface area contributed by atoms with E-state index in [-0.39, 0.29) is 5.41 Å². The molecule has 6 heteroatoms. The van der Waals surface area contributed by atoms with E-state index >= 15 is 0 Å². The summed E-state index contributed by atoms with van der Waals surface area (Å²) in [5, 5.41) is 11.0. The van der Waals surface area contributed by atoms with E-state index in [2.05, 4.69) is 481 Å². The molecule has 135 heavy (non-hydrogen) atoms. The molecular formula is C129H88N6. The van der Waals surface area contributed by atoms with Gasteiger partial charge in [-0.25, -0.2) is 29.9 Å². The molecule has 0 radical (unpaired) electrons. The summed E-state index contributed by atoms with van der Waals surface area (Å²) in [7, 11) is 0. The quantitative estimate of drug-likeness (QED) is 0.108. The molecule has 3 aromatic heterocycles. The average Bonchev–Trinajstić information content (AvgIpc) is 1.59. The maximum absolute atomic E-state index is 5.33. The van der Waals surface area contributed by atoms with Crippen molar-refractivity contribution in [2.24, 2.45) is 0 Å². The summed E-state index contributed by atoms with van der Waals surface area (Å²) >= 11 is 0. The minimum absolute atomic E-state index is 0.161. The summed E-state index contributed by atoms with van der Waals surface area (Å²) in [5.74, 6) is 1.99. The lowest BCUT2D eigenvalue weighted by Gasteiger charge is -2.22. The normalized spacial score (nSPS) is 11.8. The van der Waals surface area contributed by atoms with Gasteiger partial charge in [-0.2, -0.15) is 0 Å². The van der Waals surface area contributed by atoms with Gasteiger partial charge in [-0.3, -0.25) is 0 Å². The zero-order valence-electron chi connectivity index (χ0n) is 74.5. The number of benzene rings is 21. The van der Waals surface area contributed by atoms with E-state index in [4.69, 9.17) is 29.9 Å². The highest BCUT2D eigenvalue weighted by Gasteiger charge is 2.37. The fourth-order valence-electron chi connectivity index (χ4n) is 19.6. The van der Waals surface area contributed by atoms with Gasteiger partial charge in [0.25, 0.3) is 0 Å². The number of fused-ring (bicyclic) bond motifs is 9. The Morgan fingerprint density at radius 3 is 0.941 bits per heavy atom. The maximum Gasteiger partial charge on any atom is 0.164 e. The van der Waals surface area contributed by atoms with Crippen molar-refractivity contribution in [2.75, 3.05) is 0 Å². The third-order valence-corrected chi connectivity index (χ3v) is 26.4. The van der Waals surface area contributed by atoms with Crippen molar-refractivity contribution in [2.45, 2.75) is 19.3 Å². The van der Waals surface area contributed by atoms with Crippen LogP contribution in [-0.2, 0) is 5.41 Å². The molecule has 0 saturated carbocycles. The van der Waals surface area contributed by atoms with Gasteiger partial charge in [0.1, 0.15) is 0 Å². The number of para-hydroxylation sites is 3. The summed E-state index contributed by atoms with van der Waals surface area (Å²) in [6.07, 6.45) is 0. The van der Waals surface area contributed by atoms with Crippen molar-refractivity contribution in [1.29, 1.82) is 0 Å². The van der Waals surface area contributed by atoms with Crippen molar-refractivity contribution in [3.63, 3.8) is 0 Å². The van der Waals surface area contributed by atoms with Gasteiger partial charge in [-0.1, -0.05) is 420 Å². The van der Waals surface area contributed by atoms with Crippen LogP contribution in [0.5, 0.6) is 0 Å². The van der Waals surface area contributed by atoms with Gasteiger partial charge >= 0.3 is 0 Å².